The Balaban J connectivity index is 1.70. The van der Waals surface area contributed by atoms with Gasteiger partial charge in [-0.1, -0.05) is 0 Å². The Labute approximate surface area is 140 Å². The zero-order chi connectivity index (χ0) is 16.2. The SMILES string of the molecule is c1cn(-c2nc(N3CCCOCC3)nc(N3CCOCC3)n2)cn1. The van der Waals surface area contributed by atoms with Crippen LogP contribution in [0.1, 0.15) is 6.42 Å². The second kappa shape index (κ2) is 7.10. The number of aromatic nitrogens is 5. The minimum Gasteiger partial charge on any atom is -0.380 e. The maximum atomic E-state index is 5.54. The number of hydrogen-bond donors (Lipinski definition) is 0. The van der Waals surface area contributed by atoms with Gasteiger partial charge in [0.05, 0.1) is 19.8 Å². The van der Waals surface area contributed by atoms with E-state index >= 15 is 0 Å². The highest BCUT2D eigenvalue weighted by Crippen LogP contribution is 2.18. The van der Waals surface area contributed by atoms with Crippen molar-refractivity contribution in [3.63, 3.8) is 0 Å². The molecule has 0 amide bonds. The zero-order valence-electron chi connectivity index (χ0n) is 13.5. The molecule has 2 saturated heterocycles. The van der Waals surface area contributed by atoms with Crippen molar-refractivity contribution in [2.24, 2.45) is 0 Å². The van der Waals surface area contributed by atoms with E-state index in [0.717, 1.165) is 39.2 Å². The summed E-state index contributed by atoms with van der Waals surface area (Å²) in [5.41, 5.74) is 0. The quantitative estimate of drug-likeness (QED) is 0.784. The number of anilines is 2. The predicted molar refractivity (Wildman–Crippen MR) is 87.6 cm³/mol. The third-order valence-corrected chi connectivity index (χ3v) is 4.13. The van der Waals surface area contributed by atoms with E-state index in [1.165, 1.54) is 0 Å². The van der Waals surface area contributed by atoms with Crippen LogP contribution in [0, 0.1) is 0 Å². The highest BCUT2D eigenvalue weighted by atomic mass is 16.5. The van der Waals surface area contributed by atoms with Crippen molar-refractivity contribution in [2.45, 2.75) is 6.42 Å². The summed E-state index contributed by atoms with van der Waals surface area (Å²) >= 11 is 0. The molecule has 2 aromatic heterocycles. The van der Waals surface area contributed by atoms with Crippen molar-refractivity contribution in [2.75, 3.05) is 62.4 Å². The minimum absolute atomic E-state index is 0.587. The summed E-state index contributed by atoms with van der Waals surface area (Å²) in [6.07, 6.45) is 6.23. The van der Waals surface area contributed by atoms with Gasteiger partial charge in [0.25, 0.3) is 0 Å². The Morgan fingerprint density at radius 3 is 2.04 bits per heavy atom. The van der Waals surface area contributed by atoms with Crippen LogP contribution in [0.3, 0.4) is 0 Å². The summed E-state index contributed by atoms with van der Waals surface area (Å²) in [6, 6.07) is 0. The topological polar surface area (TPSA) is 81.4 Å². The van der Waals surface area contributed by atoms with Gasteiger partial charge in [0, 0.05) is 45.2 Å². The molecule has 0 unspecified atom stereocenters. The summed E-state index contributed by atoms with van der Waals surface area (Å²) in [4.78, 5) is 22.4. The molecule has 4 heterocycles. The van der Waals surface area contributed by atoms with E-state index in [2.05, 4.69) is 24.8 Å². The summed E-state index contributed by atoms with van der Waals surface area (Å²) in [5, 5.41) is 0. The van der Waals surface area contributed by atoms with Crippen LogP contribution in [0.15, 0.2) is 18.7 Å². The largest absolute Gasteiger partial charge is 0.380 e. The molecule has 0 aliphatic carbocycles. The molecular weight excluding hydrogens is 310 g/mol. The lowest BCUT2D eigenvalue weighted by Gasteiger charge is -2.28. The van der Waals surface area contributed by atoms with Crippen LogP contribution in [0.4, 0.5) is 11.9 Å². The number of hydrogen-bond acceptors (Lipinski definition) is 8. The van der Waals surface area contributed by atoms with Crippen molar-refractivity contribution in [3.05, 3.63) is 18.7 Å². The molecule has 0 atom stereocenters. The van der Waals surface area contributed by atoms with Gasteiger partial charge in [-0.25, -0.2) is 4.98 Å². The van der Waals surface area contributed by atoms with Crippen LogP contribution in [0.25, 0.3) is 5.95 Å². The fourth-order valence-electron chi connectivity index (χ4n) is 2.83. The molecule has 24 heavy (non-hydrogen) atoms. The summed E-state index contributed by atoms with van der Waals surface area (Å²) in [6.45, 7) is 6.11. The number of ether oxygens (including phenoxy) is 2. The lowest BCUT2D eigenvalue weighted by molar-refractivity contribution is 0.122. The van der Waals surface area contributed by atoms with Crippen molar-refractivity contribution >= 4 is 11.9 Å². The summed E-state index contributed by atoms with van der Waals surface area (Å²) < 4.78 is 12.8. The van der Waals surface area contributed by atoms with Gasteiger partial charge in [-0.15, -0.1) is 0 Å². The molecule has 0 saturated carbocycles. The van der Waals surface area contributed by atoms with Crippen LogP contribution < -0.4 is 9.80 Å². The molecule has 2 aliphatic heterocycles. The smallest absolute Gasteiger partial charge is 0.241 e. The van der Waals surface area contributed by atoms with E-state index in [4.69, 9.17) is 14.5 Å². The van der Waals surface area contributed by atoms with Crippen LogP contribution in [-0.4, -0.2) is 77.1 Å². The van der Waals surface area contributed by atoms with E-state index in [1.807, 2.05) is 10.8 Å². The molecule has 0 aromatic carbocycles. The Hall–Kier alpha value is -2.26. The van der Waals surface area contributed by atoms with Crippen molar-refractivity contribution < 1.29 is 9.47 Å². The minimum atomic E-state index is 0.587. The monoisotopic (exact) mass is 331 g/mol. The number of nitrogens with zero attached hydrogens (tertiary/aromatic N) is 7. The van der Waals surface area contributed by atoms with Crippen molar-refractivity contribution in [3.8, 4) is 5.95 Å². The number of morpholine rings is 1. The van der Waals surface area contributed by atoms with Crippen LogP contribution in [-0.2, 0) is 9.47 Å². The van der Waals surface area contributed by atoms with Gasteiger partial charge in [0.1, 0.15) is 6.33 Å². The average Bonchev–Trinajstić information content (AvgIpc) is 3.05. The predicted octanol–water partition coefficient (Wildman–Crippen LogP) is 0.121. The highest BCUT2D eigenvalue weighted by Gasteiger charge is 2.20. The second-order valence-corrected chi connectivity index (χ2v) is 5.76. The van der Waals surface area contributed by atoms with Gasteiger partial charge in [0.15, 0.2) is 0 Å². The maximum absolute atomic E-state index is 5.54. The van der Waals surface area contributed by atoms with Gasteiger partial charge in [0.2, 0.25) is 17.8 Å². The van der Waals surface area contributed by atoms with E-state index in [9.17, 15) is 0 Å². The van der Waals surface area contributed by atoms with Gasteiger partial charge in [-0.3, -0.25) is 4.57 Å². The second-order valence-electron chi connectivity index (χ2n) is 5.76. The van der Waals surface area contributed by atoms with E-state index in [0.29, 0.717) is 37.7 Å². The van der Waals surface area contributed by atoms with Crippen molar-refractivity contribution in [1.29, 1.82) is 0 Å². The fourth-order valence-corrected chi connectivity index (χ4v) is 2.83. The molecule has 0 radical (unpaired) electrons. The standard InChI is InChI=1S/C15H21N7O2/c1-3-20(5-9-23-8-1)13-17-14(21-6-10-24-11-7-21)19-15(18-13)22-4-2-16-12-22/h2,4,12H,1,3,5-11H2. The van der Waals surface area contributed by atoms with Crippen LogP contribution in [0.5, 0.6) is 0 Å². The Morgan fingerprint density at radius 2 is 1.38 bits per heavy atom. The van der Waals surface area contributed by atoms with E-state index < -0.39 is 0 Å². The Kier molecular flexibility index (Phi) is 4.52. The first-order valence-corrected chi connectivity index (χ1v) is 8.30. The van der Waals surface area contributed by atoms with Crippen LogP contribution in [0.2, 0.25) is 0 Å². The molecule has 0 spiro atoms. The normalized spacial score (nSPS) is 19.3. The highest BCUT2D eigenvalue weighted by molar-refractivity contribution is 5.42. The average molecular weight is 331 g/mol. The first-order chi connectivity index (χ1) is 11.9. The fraction of sp³-hybridized carbons (Fsp3) is 0.600. The van der Waals surface area contributed by atoms with Crippen molar-refractivity contribution in [1.82, 2.24) is 24.5 Å². The molecule has 4 rings (SSSR count). The van der Waals surface area contributed by atoms with Crippen LogP contribution >= 0.6 is 0 Å². The molecule has 0 N–H and O–H groups in total. The Bertz CT molecular complexity index is 650. The van der Waals surface area contributed by atoms with E-state index in [1.54, 1.807) is 12.5 Å². The molecular formula is C15H21N7O2. The van der Waals surface area contributed by atoms with Gasteiger partial charge < -0.3 is 19.3 Å². The molecule has 9 heteroatoms. The summed E-state index contributed by atoms with van der Waals surface area (Å²) in [7, 11) is 0. The van der Waals surface area contributed by atoms with Gasteiger partial charge >= 0.3 is 0 Å². The molecule has 128 valence electrons. The lowest BCUT2D eigenvalue weighted by atomic mass is 10.4. The maximum Gasteiger partial charge on any atom is 0.241 e. The lowest BCUT2D eigenvalue weighted by Crippen LogP contribution is -2.38. The van der Waals surface area contributed by atoms with Gasteiger partial charge in [-0.2, -0.15) is 15.0 Å². The van der Waals surface area contributed by atoms with Gasteiger partial charge in [-0.05, 0) is 6.42 Å². The molecule has 2 fully saturated rings. The molecule has 2 aliphatic rings. The summed E-state index contributed by atoms with van der Waals surface area (Å²) in [5.74, 6) is 1.97. The van der Waals surface area contributed by atoms with E-state index in [-0.39, 0.29) is 0 Å². The number of rotatable bonds is 3. The molecule has 2 aromatic rings. The molecule has 0 bridgehead atoms. The molecule has 9 nitrogen and oxygen atoms in total. The first-order valence-electron chi connectivity index (χ1n) is 8.30. The first kappa shape index (κ1) is 15.3. The number of imidazole rings is 1. The third kappa shape index (κ3) is 3.31. The zero-order valence-corrected chi connectivity index (χ0v) is 13.5. The third-order valence-electron chi connectivity index (χ3n) is 4.13. The Morgan fingerprint density at radius 1 is 0.750 bits per heavy atom.